The Morgan fingerprint density at radius 1 is 1.57 bits per heavy atom. The lowest BCUT2D eigenvalue weighted by Crippen LogP contribution is -1.85. The van der Waals surface area contributed by atoms with Crippen molar-refractivity contribution in [3.8, 4) is 0 Å². The van der Waals surface area contributed by atoms with E-state index in [1.807, 2.05) is 6.92 Å². The van der Waals surface area contributed by atoms with Crippen LogP contribution in [0.5, 0.6) is 0 Å². The summed E-state index contributed by atoms with van der Waals surface area (Å²) >= 11 is 0. The smallest absolute Gasteiger partial charge is 0.0297 e. The van der Waals surface area contributed by atoms with E-state index in [1.54, 1.807) is 0 Å². The van der Waals surface area contributed by atoms with Gasteiger partial charge in [0.05, 0.1) is 0 Å². The van der Waals surface area contributed by atoms with E-state index in [1.165, 1.54) is 0 Å². The van der Waals surface area contributed by atoms with Gasteiger partial charge in [0.1, 0.15) is 0 Å². The molecule has 0 rings (SSSR count). The zero-order valence-corrected chi connectivity index (χ0v) is 5.36. The molecule has 0 aromatic rings. The van der Waals surface area contributed by atoms with Crippen molar-refractivity contribution >= 4 is 0 Å². The zero-order chi connectivity index (χ0) is 5.86. The SMILES string of the molecule is [CH]=C(C)CC(C)C. The van der Waals surface area contributed by atoms with Crippen LogP contribution in [0.15, 0.2) is 5.57 Å². The lowest BCUT2D eigenvalue weighted by molar-refractivity contribution is 0.643. The largest absolute Gasteiger partial charge is 0.0731 e. The van der Waals surface area contributed by atoms with Crippen molar-refractivity contribution in [1.29, 1.82) is 0 Å². The van der Waals surface area contributed by atoms with Gasteiger partial charge in [0, 0.05) is 0 Å². The third-order valence-electron chi connectivity index (χ3n) is 0.730. The molecule has 0 nitrogen and oxygen atoms in total. The molecule has 0 N–H and O–H groups in total. The van der Waals surface area contributed by atoms with Crippen LogP contribution in [0.25, 0.3) is 0 Å². The van der Waals surface area contributed by atoms with Crippen molar-refractivity contribution in [3.63, 3.8) is 0 Å². The minimum absolute atomic E-state index is 0.713. The summed E-state index contributed by atoms with van der Waals surface area (Å²) in [4.78, 5) is 0. The minimum atomic E-state index is 0.713. The second-order valence-electron chi connectivity index (χ2n) is 2.44. The van der Waals surface area contributed by atoms with Gasteiger partial charge in [0.25, 0.3) is 0 Å². The first-order chi connectivity index (χ1) is 3.13. The van der Waals surface area contributed by atoms with Crippen LogP contribution in [0.3, 0.4) is 0 Å². The van der Waals surface area contributed by atoms with Crippen molar-refractivity contribution < 1.29 is 0 Å². The predicted molar refractivity (Wildman–Crippen MR) is 32.9 cm³/mol. The molecule has 0 aliphatic rings. The molecular weight excluding hydrogens is 84.1 g/mol. The summed E-state index contributed by atoms with van der Waals surface area (Å²) in [6.07, 6.45) is 1.06. The number of allylic oxidation sites excluding steroid dienone is 1. The van der Waals surface area contributed by atoms with E-state index in [0.29, 0.717) is 5.92 Å². The van der Waals surface area contributed by atoms with Crippen molar-refractivity contribution in [3.05, 3.63) is 12.2 Å². The fraction of sp³-hybridized carbons (Fsp3) is 0.714. The summed E-state index contributed by atoms with van der Waals surface area (Å²) in [7, 11) is 0. The molecule has 41 valence electrons. The van der Waals surface area contributed by atoms with Crippen LogP contribution < -0.4 is 0 Å². The second-order valence-corrected chi connectivity index (χ2v) is 2.44. The van der Waals surface area contributed by atoms with Crippen LogP contribution in [0, 0.1) is 12.5 Å². The fourth-order valence-electron chi connectivity index (χ4n) is 0.644. The Morgan fingerprint density at radius 3 is 2.00 bits per heavy atom. The highest BCUT2D eigenvalue weighted by atomic mass is 14.0. The summed E-state index contributed by atoms with van der Waals surface area (Å²) < 4.78 is 0. The van der Waals surface area contributed by atoms with E-state index in [9.17, 15) is 0 Å². The van der Waals surface area contributed by atoms with Gasteiger partial charge in [-0.05, 0) is 19.3 Å². The van der Waals surface area contributed by atoms with E-state index in [0.717, 1.165) is 12.0 Å². The van der Waals surface area contributed by atoms with Crippen molar-refractivity contribution in [2.24, 2.45) is 5.92 Å². The highest BCUT2D eigenvalue weighted by Gasteiger charge is 1.90. The topological polar surface area (TPSA) is 0 Å². The quantitative estimate of drug-likeness (QED) is 0.496. The summed E-state index contributed by atoms with van der Waals surface area (Å²) in [6, 6.07) is 0. The van der Waals surface area contributed by atoms with E-state index >= 15 is 0 Å². The summed E-state index contributed by atoms with van der Waals surface area (Å²) in [5, 5.41) is 0. The Bertz CT molecular complexity index is 60.4. The Balaban J connectivity index is 3.13. The molecule has 0 amide bonds. The first-order valence-electron chi connectivity index (χ1n) is 2.71. The molecule has 0 fully saturated rings. The average Bonchev–Trinajstić information content (AvgIpc) is 1.27. The molecule has 0 atom stereocenters. The second kappa shape index (κ2) is 2.84. The van der Waals surface area contributed by atoms with Gasteiger partial charge in [-0.2, -0.15) is 0 Å². The fourth-order valence-corrected chi connectivity index (χ4v) is 0.644. The molecule has 0 heterocycles. The van der Waals surface area contributed by atoms with Crippen LogP contribution in [0.1, 0.15) is 27.2 Å². The van der Waals surface area contributed by atoms with Gasteiger partial charge in [-0.3, -0.25) is 0 Å². The van der Waals surface area contributed by atoms with Crippen LogP contribution in [-0.4, -0.2) is 0 Å². The van der Waals surface area contributed by atoms with Gasteiger partial charge in [-0.1, -0.05) is 26.0 Å². The summed E-state index contributed by atoms with van der Waals surface area (Å²) in [5.74, 6) is 0.713. The van der Waals surface area contributed by atoms with Crippen LogP contribution in [0.2, 0.25) is 0 Å². The van der Waals surface area contributed by atoms with E-state index in [-0.39, 0.29) is 0 Å². The highest BCUT2D eigenvalue weighted by Crippen LogP contribution is 2.05. The maximum absolute atomic E-state index is 5.41. The monoisotopic (exact) mass is 97.1 g/mol. The molecule has 0 spiro atoms. The van der Waals surface area contributed by atoms with E-state index in [4.69, 9.17) is 6.58 Å². The van der Waals surface area contributed by atoms with Gasteiger partial charge < -0.3 is 0 Å². The van der Waals surface area contributed by atoms with Gasteiger partial charge in [-0.25, -0.2) is 0 Å². The molecule has 0 unspecified atom stereocenters. The molecule has 0 saturated heterocycles. The van der Waals surface area contributed by atoms with Gasteiger partial charge in [0.2, 0.25) is 0 Å². The first-order valence-corrected chi connectivity index (χ1v) is 2.71. The van der Waals surface area contributed by atoms with E-state index in [2.05, 4.69) is 13.8 Å². The van der Waals surface area contributed by atoms with Crippen LogP contribution in [0.4, 0.5) is 0 Å². The Kier molecular flexibility index (Phi) is 2.73. The number of hydrogen-bond donors (Lipinski definition) is 0. The Labute approximate surface area is 46.2 Å². The van der Waals surface area contributed by atoms with Gasteiger partial charge in [0.15, 0.2) is 0 Å². The third-order valence-corrected chi connectivity index (χ3v) is 0.730. The molecule has 0 aromatic heterocycles. The van der Waals surface area contributed by atoms with Gasteiger partial charge >= 0.3 is 0 Å². The van der Waals surface area contributed by atoms with Crippen molar-refractivity contribution in [2.45, 2.75) is 27.2 Å². The molecular formula is C7H13. The molecule has 0 aromatic carbocycles. The van der Waals surface area contributed by atoms with Crippen molar-refractivity contribution in [2.75, 3.05) is 0 Å². The molecule has 0 aliphatic heterocycles. The third kappa shape index (κ3) is 5.74. The molecule has 0 saturated carbocycles. The Hall–Kier alpha value is -0.260. The maximum atomic E-state index is 5.41. The van der Waals surface area contributed by atoms with E-state index < -0.39 is 0 Å². The number of rotatable bonds is 2. The number of hydrogen-bond acceptors (Lipinski definition) is 0. The van der Waals surface area contributed by atoms with Crippen LogP contribution >= 0.6 is 0 Å². The molecule has 7 heavy (non-hydrogen) atoms. The normalized spacial score (nSPS) is 9.71. The Morgan fingerprint density at radius 2 is 2.00 bits per heavy atom. The standard InChI is InChI=1S/C7H13/c1-6(2)5-7(3)4/h1,7H,5H2,2-4H3. The molecule has 0 bridgehead atoms. The molecule has 0 heteroatoms. The molecule has 1 radical (unpaired) electrons. The average molecular weight is 97.2 g/mol. The molecule has 0 aliphatic carbocycles. The predicted octanol–water partition coefficient (Wildman–Crippen LogP) is 2.41. The van der Waals surface area contributed by atoms with Crippen LogP contribution in [-0.2, 0) is 0 Å². The zero-order valence-electron chi connectivity index (χ0n) is 5.36. The summed E-state index contributed by atoms with van der Waals surface area (Å²) in [5.41, 5.74) is 1.04. The van der Waals surface area contributed by atoms with Gasteiger partial charge in [-0.15, -0.1) is 0 Å². The maximum Gasteiger partial charge on any atom is -0.0297 e. The lowest BCUT2D eigenvalue weighted by atomic mass is 10.1. The first kappa shape index (κ1) is 6.74. The summed E-state index contributed by atoms with van der Waals surface area (Å²) in [6.45, 7) is 11.7. The van der Waals surface area contributed by atoms with Crippen molar-refractivity contribution in [1.82, 2.24) is 0 Å². The highest BCUT2D eigenvalue weighted by molar-refractivity contribution is 4.84. The lowest BCUT2D eigenvalue weighted by Gasteiger charge is -1.99. The minimum Gasteiger partial charge on any atom is -0.0731 e.